The molecule has 3 rings (SSSR count). The summed E-state index contributed by atoms with van der Waals surface area (Å²) in [5, 5.41) is 18.7. The van der Waals surface area contributed by atoms with Crippen molar-refractivity contribution < 1.29 is 19.6 Å². The zero-order valence-electron chi connectivity index (χ0n) is 14.2. The summed E-state index contributed by atoms with van der Waals surface area (Å²) in [5.74, 6) is 0.321. The molecule has 0 aliphatic rings. The predicted octanol–water partition coefficient (Wildman–Crippen LogP) is 5.54. The Labute approximate surface area is 173 Å². The van der Waals surface area contributed by atoms with Crippen molar-refractivity contribution in [3.8, 4) is 23.4 Å². The number of ether oxygens (including phenoxy) is 2. The highest BCUT2D eigenvalue weighted by Gasteiger charge is 2.28. The van der Waals surface area contributed by atoms with Crippen LogP contribution in [-0.4, -0.2) is 15.1 Å². The first-order chi connectivity index (χ1) is 13.5. The van der Waals surface area contributed by atoms with E-state index >= 15 is 0 Å². The summed E-state index contributed by atoms with van der Waals surface area (Å²) >= 11 is 9.28. The Bertz CT molecular complexity index is 1070. The first kappa shape index (κ1) is 19.6. The number of nitrogens with zero attached hydrogens (tertiary/aromatic N) is 3. The topological polar surface area (TPSA) is 95.5 Å². The molecule has 0 aliphatic heterocycles. The minimum Gasteiger partial charge on any atom is -0.472 e. The molecule has 0 saturated heterocycles. The molecule has 1 aromatic heterocycles. The molecule has 0 fully saturated rings. The van der Waals surface area contributed by atoms with Gasteiger partial charge >= 0.3 is 5.69 Å². The maximum absolute atomic E-state index is 11.5. The molecule has 1 heterocycles. The smallest absolute Gasteiger partial charge is 0.378 e. The Hall–Kier alpha value is -3.15. The lowest BCUT2D eigenvalue weighted by Gasteiger charge is -2.11. The molecular weight excluding hydrogens is 450 g/mol. The van der Waals surface area contributed by atoms with Crippen molar-refractivity contribution >= 4 is 33.2 Å². The van der Waals surface area contributed by atoms with Gasteiger partial charge < -0.3 is 9.47 Å². The third-order valence-corrected chi connectivity index (χ3v) is 4.49. The van der Waals surface area contributed by atoms with E-state index in [9.17, 15) is 10.1 Å². The molecule has 0 bridgehead atoms. The predicted molar refractivity (Wildman–Crippen MR) is 104 cm³/mol. The largest absolute Gasteiger partial charge is 0.472 e. The second kappa shape index (κ2) is 8.69. The average Bonchev–Trinajstić information content (AvgIpc) is 2.68. The molecular formula is C19H12BrClN3O4+. The highest BCUT2D eigenvalue weighted by atomic mass is 79.9. The van der Waals surface area contributed by atoms with Gasteiger partial charge in [-0.25, -0.2) is 10.2 Å². The second-order valence-corrected chi connectivity index (χ2v) is 6.76. The fourth-order valence-electron chi connectivity index (χ4n) is 2.31. The van der Waals surface area contributed by atoms with E-state index in [-0.39, 0.29) is 49.7 Å². The Morgan fingerprint density at radius 3 is 2.68 bits per heavy atom. The van der Waals surface area contributed by atoms with Crippen LogP contribution in [0.5, 0.6) is 17.4 Å². The van der Waals surface area contributed by atoms with Crippen molar-refractivity contribution in [2.24, 2.45) is 0 Å². The molecule has 0 saturated carbocycles. The molecule has 140 valence electrons. The molecule has 3 aromatic rings. The molecule has 0 aliphatic carbocycles. The van der Waals surface area contributed by atoms with Gasteiger partial charge in [-0.1, -0.05) is 41.9 Å². The molecule has 0 amide bonds. The minimum atomic E-state index is -0.371. The fraction of sp³-hybridized carbons (Fsp3) is 0.0526. The SMILES string of the molecule is N#Cc1cc(Cl)cc(Oc2c([N+](=O)O)cnc(OCc3ccccc3)c2Br)c1. The van der Waals surface area contributed by atoms with Crippen LogP contribution < -0.4 is 9.47 Å². The lowest BCUT2D eigenvalue weighted by molar-refractivity contribution is -0.730. The highest BCUT2D eigenvalue weighted by Crippen LogP contribution is 2.42. The van der Waals surface area contributed by atoms with Crippen LogP contribution in [0, 0.1) is 16.2 Å². The average molecular weight is 462 g/mol. The number of hydrogen-bond donors (Lipinski definition) is 1. The van der Waals surface area contributed by atoms with E-state index in [1.165, 1.54) is 18.2 Å². The number of hydrogen-bond acceptors (Lipinski definition) is 5. The lowest BCUT2D eigenvalue weighted by Crippen LogP contribution is -2.02. The molecule has 0 radical (unpaired) electrons. The van der Waals surface area contributed by atoms with E-state index < -0.39 is 0 Å². The zero-order valence-corrected chi connectivity index (χ0v) is 16.5. The van der Waals surface area contributed by atoms with Crippen LogP contribution in [0.25, 0.3) is 0 Å². The number of aromatic nitrogens is 1. The second-order valence-electron chi connectivity index (χ2n) is 5.53. The van der Waals surface area contributed by atoms with Gasteiger partial charge in [0.05, 0.1) is 16.5 Å². The van der Waals surface area contributed by atoms with Gasteiger partial charge in [0.2, 0.25) is 11.6 Å². The first-order valence-electron chi connectivity index (χ1n) is 7.88. The maximum Gasteiger partial charge on any atom is 0.378 e. The van der Waals surface area contributed by atoms with Gasteiger partial charge in [0.1, 0.15) is 23.0 Å². The van der Waals surface area contributed by atoms with Crippen LogP contribution in [0.3, 0.4) is 0 Å². The van der Waals surface area contributed by atoms with Crippen molar-refractivity contribution in [2.75, 3.05) is 0 Å². The number of pyridine rings is 1. The van der Waals surface area contributed by atoms with Crippen LogP contribution in [0.1, 0.15) is 11.1 Å². The van der Waals surface area contributed by atoms with Crippen LogP contribution in [-0.2, 0) is 6.61 Å². The Kier molecular flexibility index (Phi) is 6.09. The van der Waals surface area contributed by atoms with Gasteiger partial charge in [-0.05, 0) is 39.7 Å². The van der Waals surface area contributed by atoms with E-state index in [0.29, 0.717) is 0 Å². The van der Waals surface area contributed by atoms with Crippen molar-refractivity contribution in [1.82, 2.24) is 4.98 Å². The van der Waals surface area contributed by atoms with Crippen molar-refractivity contribution in [3.05, 3.63) is 80.3 Å². The Morgan fingerprint density at radius 1 is 1.25 bits per heavy atom. The minimum absolute atomic E-state index is 0.0401. The summed E-state index contributed by atoms with van der Waals surface area (Å²) in [6.45, 7) is 0.237. The fourth-order valence-corrected chi connectivity index (χ4v) is 3.03. The molecule has 0 atom stereocenters. The van der Waals surface area contributed by atoms with Gasteiger partial charge in [-0.2, -0.15) is 5.26 Å². The third kappa shape index (κ3) is 4.57. The van der Waals surface area contributed by atoms with Crippen LogP contribution in [0.2, 0.25) is 5.02 Å². The summed E-state index contributed by atoms with van der Waals surface area (Å²) in [4.78, 5) is 15.2. The number of benzene rings is 2. The van der Waals surface area contributed by atoms with Gasteiger partial charge in [0, 0.05) is 5.02 Å². The van der Waals surface area contributed by atoms with Gasteiger partial charge in [-0.15, -0.1) is 0 Å². The van der Waals surface area contributed by atoms with Gasteiger partial charge in [0.25, 0.3) is 4.92 Å². The summed E-state index contributed by atoms with van der Waals surface area (Å²) in [5.41, 5.74) is 0.944. The summed E-state index contributed by atoms with van der Waals surface area (Å²) in [6.07, 6.45) is 1.11. The van der Waals surface area contributed by atoms with Crippen molar-refractivity contribution in [1.29, 1.82) is 5.26 Å². The number of nitriles is 1. The molecule has 9 heteroatoms. The van der Waals surface area contributed by atoms with E-state index in [0.717, 1.165) is 11.8 Å². The lowest BCUT2D eigenvalue weighted by atomic mass is 10.2. The maximum atomic E-state index is 11.5. The zero-order chi connectivity index (χ0) is 20.1. The van der Waals surface area contributed by atoms with Gasteiger partial charge in [-0.3, -0.25) is 0 Å². The summed E-state index contributed by atoms with van der Waals surface area (Å²) in [6, 6.07) is 15.8. The molecule has 7 nitrogen and oxygen atoms in total. The van der Waals surface area contributed by atoms with Crippen LogP contribution >= 0.6 is 27.5 Å². The number of halogens is 2. The molecule has 1 N–H and O–H groups in total. The Balaban J connectivity index is 1.95. The van der Waals surface area contributed by atoms with Crippen LogP contribution in [0.4, 0.5) is 5.69 Å². The number of rotatable bonds is 6. The van der Waals surface area contributed by atoms with E-state index in [1.807, 2.05) is 36.4 Å². The Morgan fingerprint density at radius 2 is 2.00 bits per heavy atom. The van der Waals surface area contributed by atoms with Gasteiger partial charge in [0.15, 0.2) is 0 Å². The third-order valence-electron chi connectivity index (χ3n) is 3.57. The van der Waals surface area contributed by atoms with Crippen molar-refractivity contribution in [2.45, 2.75) is 6.61 Å². The van der Waals surface area contributed by atoms with Crippen LogP contribution in [0.15, 0.2) is 59.2 Å². The summed E-state index contributed by atoms with van der Waals surface area (Å²) < 4.78 is 11.6. The summed E-state index contributed by atoms with van der Waals surface area (Å²) in [7, 11) is 0. The van der Waals surface area contributed by atoms with E-state index in [2.05, 4.69) is 20.9 Å². The molecule has 0 unspecified atom stereocenters. The first-order valence-corrected chi connectivity index (χ1v) is 9.05. The normalized spacial score (nSPS) is 10.2. The standard InChI is InChI=1S/C19H12BrClN3O4/c20-17-18(28-15-7-13(9-22)6-14(21)8-15)16(24(25)26)10-23-19(17)27-11-12-4-2-1-3-5-12/h1-8,10H,11H2,(H,25,26)/q+1. The molecule has 2 aromatic carbocycles. The highest BCUT2D eigenvalue weighted by molar-refractivity contribution is 9.10. The van der Waals surface area contributed by atoms with E-state index in [1.54, 1.807) is 0 Å². The monoisotopic (exact) mass is 460 g/mol. The quantitative estimate of drug-likeness (QED) is 0.484. The molecule has 28 heavy (non-hydrogen) atoms. The van der Waals surface area contributed by atoms with E-state index in [4.69, 9.17) is 26.3 Å². The van der Waals surface area contributed by atoms with Crippen molar-refractivity contribution in [3.63, 3.8) is 0 Å². The molecule has 0 spiro atoms.